The minimum absolute atomic E-state index is 0.251. The number of nitrogens with two attached hydrogens (primary N) is 1. The van der Waals surface area contributed by atoms with E-state index in [2.05, 4.69) is 11.6 Å². The minimum Gasteiger partial charge on any atom is -0.464 e. The van der Waals surface area contributed by atoms with Crippen molar-refractivity contribution in [1.29, 1.82) is 0 Å². The number of H-pyrrole nitrogens is 1. The summed E-state index contributed by atoms with van der Waals surface area (Å²) in [7, 11) is 1.31. The maximum absolute atomic E-state index is 12.2. The molecule has 1 heterocycles. The summed E-state index contributed by atoms with van der Waals surface area (Å²) in [5.74, 6) is -0.503. The maximum atomic E-state index is 12.2. The number of aliphatic hydroxyl groups excluding tert-OH is 3. The van der Waals surface area contributed by atoms with E-state index in [1.807, 2.05) is 0 Å². The average Bonchev–Trinajstić information content (AvgIpc) is 3.04. The van der Waals surface area contributed by atoms with Gasteiger partial charge >= 0.3 is 5.97 Å². The van der Waals surface area contributed by atoms with Crippen molar-refractivity contribution in [3.8, 4) is 11.1 Å². The molecule has 2 rings (SSSR count). The Morgan fingerprint density at radius 3 is 2.41 bits per heavy atom. The first-order valence-electron chi connectivity index (χ1n) is 8.67. The van der Waals surface area contributed by atoms with Gasteiger partial charge < -0.3 is 30.8 Å². The molecular formula is C20H26N2O5. The Bertz CT molecular complexity index is 826. The fourth-order valence-corrected chi connectivity index (χ4v) is 3.38. The normalized spacial score (nSPS) is 10.9. The second-order valence-corrected chi connectivity index (χ2v) is 6.06. The number of aromatic amines is 1. The van der Waals surface area contributed by atoms with E-state index in [1.165, 1.54) is 7.11 Å². The van der Waals surface area contributed by atoms with E-state index < -0.39 is 5.97 Å². The van der Waals surface area contributed by atoms with Gasteiger partial charge in [-0.25, -0.2) is 4.79 Å². The van der Waals surface area contributed by atoms with Gasteiger partial charge in [0.15, 0.2) is 0 Å². The van der Waals surface area contributed by atoms with Crippen LogP contribution in [-0.4, -0.2) is 39.9 Å². The van der Waals surface area contributed by atoms with Gasteiger partial charge in [0.25, 0.3) is 0 Å². The molecule has 0 aliphatic carbocycles. The number of hydrogen-bond acceptors (Lipinski definition) is 6. The van der Waals surface area contributed by atoms with Gasteiger partial charge in [-0.05, 0) is 40.8 Å². The zero-order valence-electron chi connectivity index (χ0n) is 15.4. The molecule has 0 aliphatic heterocycles. The number of benzene rings is 1. The summed E-state index contributed by atoms with van der Waals surface area (Å²) in [5, 5.41) is 29.3. The van der Waals surface area contributed by atoms with E-state index in [1.54, 1.807) is 18.2 Å². The number of allylic oxidation sites excluding steroid dienone is 1. The summed E-state index contributed by atoms with van der Waals surface area (Å²) in [6.45, 7) is 3.22. The standard InChI is InChI=1S/C20H26N2O5/c1-3-4-14-18(17(7-8-21)22-19(14)20(26)27-2)13-6-5-12(9-23)15(10-24)16(13)11-25/h3,5-6,22-25H,1,4,7-11,21H2,2H3. The summed E-state index contributed by atoms with van der Waals surface area (Å²) in [4.78, 5) is 15.4. The number of carbonyl (C=O) groups is 1. The van der Waals surface area contributed by atoms with Crippen LogP contribution in [0.25, 0.3) is 11.1 Å². The quantitative estimate of drug-likeness (QED) is 0.331. The molecule has 0 aliphatic rings. The van der Waals surface area contributed by atoms with Crippen LogP contribution in [0.4, 0.5) is 0 Å². The monoisotopic (exact) mass is 374 g/mol. The lowest BCUT2D eigenvalue weighted by molar-refractivity contribution is 0.0593. The number of hydrogen-bond donors (Lipinski definition) is 5. The van der Waals surface area contributed by atoms with Gasteiger partial charge in [0.2, 0.25) is 0 Å². The molecule has 2 aromatic rings. The van der Waals surface area contributed by atoms with Crippen LogP contribution in [-0.2, 0) is 37.4 Å². The van der Waals surface area contributed by atoms with Crippen LogP contribution in [0.3, 0.4) is 0 Å². The number of esters is 1. The zero-order valence-corrected chi connectivity index (χ0v) is 15.4. The zero-order chi connectivity index (χ0) is 20.0. The number of nitrogens with one attached hydrogen (secondary N) is 1. The Hall–Kier alpha value is -2.45. The van der Waals surface area contributed by atoms with Gasteiger partial charge in [0.1, 0.15) is 5.69 Å². The molecule has 0 bridgehead atoms. The predicted octanol–water partition coefficient (Wildman–Crippen LogP) is 1.17. The van der Waals surface area contributed by atoms with Crippen molar-refractivity contribution >= 4 is 5.97 Å². The summed E-state index contributed by atoms with van der Waals surface area (Å²) in [6, 6.07) is 3.47. The van der Waals surface area contributed by atoms with Crippen LogP contribution in [0.2, 0.25) is 0 Å². The highest BCUT2D eigenvalue weighted by atomic mass is 16.5. The van der Waals surface area contributed by atoms with E-state index >= 15 is 0 Å². The molecule has 0 amide bonds. The molecule has 0 atom stereocenters. The lowest BCUT2D eigenvalue weighted by Crippen LogP contribution is -2.07. The van der Waals surface area contributed by atoms with Gasteiger partial charge in [0.05, 0.1) is 26.9 Å². The predicted molar refractivity (Wildman–Crippen MR) is 102 cm³/mol. The summed E-state index contributed by atoms with van der Waals surface area (Å²) < 4.78 is 4.89. The first-order valence-corrected chi connectivity index (χ1v) is 8.67. The van der Waals surface area contributed by atoms with Crippen LogP contribution in [0.15, 0.2) is 24.8 Å². The Labute approximate surface area is 158 Å². The van der Waals surface area contributed by atoms with Crippen LogP contribution in [0, 0.1) is 0 Å². The molecule has 27 heavy (non-hydrogen) atoms. The molecule has 7 heteroatoms. The molecule has 0 spiro atoms. The highest BCUT2D eigenvalue weighted by Crippen LogP contribution is 2.36. The largest absolute Gasteiger partial charge is 0.464 e. The van der Waals surface area contributed by atoms with Crippen molar-refractivity contribution < 1.29 is 24.9 Å². The molecular weight excluding hydrogens is 348 g/mol. The highest BCUT2D eigenvalue weighted by Gasteiger charge is 2.25. The molecule has 7 nitrogen and oxygen atoms in total. The molecule has 146 valence electrons. The van der Waals surface area contributed by atoms with Gasteiger partial charge in [-0.3, -0.25) is 0 Å². The average molecular weight is 374 g/mol. The van der Waals surface area contributed by atoms with Crippen molar-refractivity contribution in [2.75, 3.05) is 13.7 Å². The summed E-state index contributed by atoms with van der Waals surface area (Å²) in [5.41, 5.74) is 10.4. The lowest BCUT2D eigenvalue weighted by Gasteiger charge is -2.17. The number of aromatic nitrogens is 1. The van der Waals surface area contributed by atoms with E-state index in [4.69, 9.17) is 10.5 Å². The third-order valence-electron chi connectivity index (χ3n) is 4.60. The Kier molecular flexibility index (Phi) is 7.32. The van der Waals surface area contributed by atoms with Gasteiger partial charge in [-0.15, -0.1) is 6.58 Å². The molecule has 0 saturated heterocycles. The number of rotatable bonds is 9. The Morgan fingerprint density at radius 1 is 1.19 bits per heavy atom. The van der Waals surface area contributed by atoms with E-state index in [0.717, 1.165) is 11.3 Å². The van der Waals surface area contributed by atoms with Crippen LogP contribution in [0.1, 0.15) is 38.4 Å². The van der Waals surface area contributed by atoms with Crippen molar-refractivity contribution in [2.45, 2.75) is 32.7 Å². The van der Waals surface area contributed by atoms with E-state index in [0.29, 0.717) is 52.9 Å². The van der Waals surface area contributed by atoms with Gasteiger partial charge in [-0.2, -0.15) is 0 Å². The molecule has 0 fully saturated rings. The third kappa shape index (κ3) is 3.96. The van der Waals surface area contributed by atoms with Crippen molar-refractivity contribution in [1.82, 2.24) is 4.98 Å². The Balaban J connectivity index is 2.85. The number of aliphatic hydroxyl groups is 3. The van der Waals surface area contributed by atoms with E-state index in [-0.39, 0.29) is 19.8 Å². The summed E-state index contributed by atoms with van der Waals surface area (Å²) in [6.07, 6.45) is 2.57. The number of carbonyl (C=O) groups excluding carboxylic acids is 1. The second-order valence-electron chi connectivity index (χ2n) is 6.06. The second kappa shape index (κ2) is 9.48. The fraction of sp³-hybridized carbons (Fsp3) is 0.350. The third-order valence-corrected chi connectivity index (χ3v) is 4.60. The number of ether oxygens (including phenoxy) is 1. The molecule has 0 radical (unpaired) electrons. The topological polar surface area (TPSA) is 129 Å². The first-order chi connectivity index (χ1) is 13.1. The van der Waals surface area contributed by atoms with Crippen molar-refractivity contribution in [3.05, 3.63) is 58.4 Å². The van der Waals surface area contributed by atoms with Gasteiger partial charge in [0, 0.05) is 17.7 Å². The molecule has 1 aromatic heterocycles. The first kappa shape index (κ1) is 20.9. The smallest absolute Gasteiger partial charge is 0.354 e. The molecule has 6 N–H and O–H groups in total. The van der Waals surface area contributed by atoms with Crippen LogP contribution < -0.4 is 5.73 Å². The van der Waals surface area contributed by atoms with Crippen molar-refractivity contribution in [2.24, 2.45) is 5.73 Å². The van der Waals surface area contributed by atoms with Crippen molar-refractivity contribution in [3.63, 3.8) is 0 Å². The lowest BCUT2D eigenvalue weighted by atomic mass is 9.89. The highest BCUT2D eigenvalue weighted by molar-refractivity contribution is 5.93. The molecule has 0 saturated carbocycles. The maximum Gasteiger partial charge on any atom is 0.354 e. The van der Waals surface area contributed by atoms with E-state index in [9.17, 15) is 20.1 Å². The number of methoxy groups -OCH3 is 1. The SMILES string of the molecule is C=CCc1c(C(=O)OC)[nH]c(CCN)c1-c1ccc(CO)c(CO)c1CO. The molecule has 1 aromatic carbocycles. The Morgan fingerprint density at radius 2 is 1.89 bits per heavy atom. The van der Waals surface area contributed by atoms with Gasteiger partial charge in [-0.1, -0.05) is 18.2 Å². The van der Waals surface area contributed by atoms with Crippen LogP contribution in [0.5, 0.6) is 0 Å². The molecule has 0 unspecified atom stereocenters. The fourth-order valence-electron chi connectivity index (χ4n) is 3.38. The summed E-state index contributed by atoms with van der Waals surface area (Å²) >= 11 is 0. The van der Waals surface area contributed by atoms with Crippen LogP contribution >= 0.6 is 0 Å². The minimum atomic E-state index is -0.503.